The first kappa shape index (κ1) is 13.1. The van der Waals surface area contributed by atoms with Crippen LogP contribution in [0.3, 0.4) is 0 Å². The molecule has 1 heterocycles. The van der Waals surface area contributed by atoms with E-state index in [9.17, 15) is 4.79 Å². The van der Waals surface area contributed by atoms with Crippen molar-refractivity contribution in [3.63, 3.8) is 0 Å². The number of rotatable bonds is 2. The molecule has 1 aromatic carbocycles. The maximum Gasteiger partial charge on any atom is 0.167 e. The molecule has 2 aromatic rings. The molecular formula is C17H20N2O. The van der Waals surface area contributed by atoms with Crippen LogP contribution >= 0.6 is 0 Å². The molecule has 20 heavy (non-hydrogen) atoms. The second kappa shape index (κ2) is 4.89. The van der Waals surface area contributed by atoms with Crippen molar-refractivity contribution in [3.05, 3.63) is 52.3 Å². The van der Waals surface area contributed by atoms with Crippen molar-refractivity contribution in [1.82, 2.24) is 10.2 Å². The van der Waals surface area contributed by atoms with Gasteiger partial charge < -0.3 is 0 Å². The summed E-state index contributed by atoms with van der Waals surface area (Å²) in [5.74, 6) is 1.02. The zero-order valence-electron chi connectivity index (χ0n) is 12.2. The highest BCUT2D eigenvalue weighted by Gasteiger charge is 2.29. The second-order valence-corrected chi connectivity index (χ2v) is 6.02. The predicted octanol–water partition coefficient (Wildman–Crippen LogP) is 3.75. The van der Waals surface area contributed by atoms with E-state index in [0.717, 1.165) is 23.4 Å². The highest BCUT2D eigenvalue weighted by atomic mass is 16.1. The Morgan fingerprint density at radius 1 is 1.20 bits per heavy atom. The maximum atomic E-state index is 12.3. The van der Waals surface area contributed by atoms with Gasteiger partial charge in [0, 0.05) is 12.1 Å². The van der Waals surface area contributed by atoms with Crippen LogP contribution in [-0.4, -0.2) is 16.0 Å². The molecule has 1 aromatic heterocycles. The van der Waals surface area contributed by atoms with Crippen molar-refractivity contribution < 1.29 is 4.79 Å². The number of carbonyl (C=O) groups excluding carboxylic acids is 1. The van der Waals surface area contributed by atoms with Gasteiger partial charge in [0.2, 0.25) is 0 Å². The number of aromatic nitrogens is 2. The van der Waals surface area contributed by atoms with E-state index in [0.29, 0.717) is 12.3 Å². The van der Waals surface area contributed by atoms with Crippen LogP contribution < -0.4 is 0 Å². The molecular weight excluding hydrogens is 248 g/mol. The Balaban J connectivity index is 1.88. The van der Waals surface area contributed by atoms with Crippen molar-refractivity contribution >= 4 is 5.78 Å². The number of carbonyl (C=O) groups is 1. The van der Waals surface area contributed by atoms with Gasteiger partial charge in [0.1, 0.15) is 0 Å². The smallest absolute Gasteiger partial charge is 0.167 e. The van der Waals surface area contributed by atoms with Crippen LogP contribution in [0, 0.1) is 6.92 Å². The molecule has 1 unspecified atom stereocenters. The summed E-state index contributed by atoms with van der Waals surface area (Å²) < 4.78 is 0. The van der Waals surface area contributed by atoms with Crippen LogP contribution in [0.5, 0.6) is 0 Å². The minimum absolute atomic E-state index is 0.218. The van der Waals surface area contributed by atoms with E-state index in [1.54, 1.807) is 0 Å². The molecule has 0 saturated heterocycles. The van der Waals surface area contributed by atoms with Crippen LogP contribution in [0.15, 0.2) is 24.3 Å². The zero-order chi connectivity index (χ0) is 14.3. The third-order valence-corrected chi connectivity index (χ3v) is 4.25. The van der Waals surface area contributed by atoms with Crippen LogP contribution in [0.4, 0.5) is 0 Å². The molecule has 3 nitrogen and oxygen atoms in total. The van der Waals surface area contributed by atoms with Gasteiger partial charge >= 0.3 is 0 Å². The number of fused-ring (bicyclic) bond motifs is 1. The van der Waals surface area contributed by atoms with E-state index in [2.05, 4.69) is 48.3 Å². The van der Waals surface area contributed by atoms with Crippen LogP contribution in [0.1, 0.15) is 65.0 Å². The van der Waals surface area contributed by atoms with Crippen LogP contribution in [0.2, 0.25) is 0 Å². The van der Waals surface area contributed by atoms with E-state index in [-0.39, 0.29) is 11.7 Å². The van der Waals surface area contributed by atoms with Crippen molar-refractivity contribution in [3.8, 4) is 0 Å². The first-order chi connectivity index (χ1) is 9.56. The highest BCUT2D eigenvalue weighted by molar-refractivity contribution is 5.99. The summed E-state index contributed by atoms with van der Waals surface area (Å²) >= 11 is 0. The lowest BCUT2D eigenvalue weighted by Gasteiger charge is -2.21. The number of aromatic amines is 1. The van der Waals surface area contributed by atoms with Crippen molar-refractivity contribution in [2.24, 2.45) is 0 Å². The zero-order valence-corrected chi connectivity index (χ0v) is 12.2. The van der Waals surface area contributed by atoms with Crippen molar-refractivity contribution in [2.75, 3.05) is 0 Å². The Kier molecular flexibility index (Phi) is 3.20. The lowest BCUT2D eigenvalue weighted by atomic mass is 9.81. The Morgan fingerprint density at radius 2 is 1.90 bits per heavy atom. The Hall–Kier alpha value is -1.90. The molecule has 1 N–H and O–H groups in total. The molecule has 0 amide bonds. The van der Waals surface area contributed by atoms with Gasteiger partial charge in [-0.25, -0.2) is 0 Å². The summed E-state index contributed by atoms with van der Waals surface area (Å²) in [6, 6.07) is 8.68. The van der Waals surface area contributed by atoms with E-state index in [1.165, 1.54) is 11.1 Å². The van der Waals surface area contributed by atoms with Gasteiger partial charge in [-0.05, 0) is 36.3 Å². The minimum Gasteiger partial charge on any atom is -0.294 e. The minimum atomic E-state index is 0.218. The molecule has 0 fully saturated rings. The van der Waals surface area contributed by atoms with E-state index in [4.69, 9.17) is 0 Å². The van der Waals surface area contributed by atoms with Crippen LogP contribution in [-0.2, 0) is 6.42 Å². The lowest BCUT2D eigenvalue weighted by Crippen LogP contribution is -2.18. The quantitative estimate of drug-likeness (QED) is 0.901. The molecule has 1 aliphatic carbocycles. The fourth-order valence-corrected chi connectivity index (χ4v) is 3.02. The number of H-pyrrole nitrogens is 1. The predicted molar refractivity (Wildman–Crippen MR) is 79.2 cm³/mol. The van der Waals surface area contributed by atoms with E-state index < -0.39 is 0 Å². The van der Waals surface area contributed by atoms with Gasteiger partial charge in [-0.2, -0.15) is 5.10 Å². The summed E-state index contributed by atoms with van der Waals surface area (Å²) in [5.41, 5.74) is 5.23. The summed E-state index contributed by atoms with van der Waals surface area (Å²) in [6.45, 7) is 6.30. The first-order valence-corrected chi connectivity index (χ1v) is 7.23. The normalized spacial score (nSPS) is 18.4. The third-order valence-electron chi connectivity index (χ3n) is 4.25. The highest BCUT2D eigenvalue weighted by Crippen LogP contribution is 2.33. The molecule has 3 heteroatoms. The molecule has 1 atom stereocenters. The fourth-order valence-electron chi connectivity index (χ4n) is 3.02. The number of ketones is 1. The number of hydrogen-bond donors (Lipinski definition) is 1. The Labute approximate surface area is 119 Å². The Morgan fingerprint density at radius 3 is 2.55 bits per heavy atom. The van der Waals surface area contributed by atoms with Gasteiger partial charge in [-0.1, -0.05) is 38.1 Å². The molecule has 0 spiro atoms. The standard InChI is InChI=1S/C17H20N2O/c1-10(2)12-4-6-13(7-5-12)14-8-15-17(16(20)9-14)11(3)18-19-15/h4-7,10,14H,8-9H2,1-3H3,(H,18,19). The summed E-state index contributed by atoms with van der Waals surface area (Å²) in [4.78, 5) is 12.3. The SMILES string of the molecule is Cc1[nH]nc2c1C(=O)CC(c1ccc(C(C)C)cc1)C2. The number of Topliss-reactive ketones (excluding diaryl/α,β-unsaturated/α-hetero) is 1. The van der Waals surface area contributed by atoms with E-state index >= 15 is 0 Å². The third kappa shape index (κ3) is 2.17. The Bertz CT molecular complexity index is 638. The summed E-state index contributed by atoms with van der Waals surface area (Å²) in [5, 5.41) is 7.22. The summed E-state index contributed by atoms with van der Waals surface area (Å²) in [7, 11) is 0. The number of nitrogens with zero attached hydrogens (tertiary/aromatic N) is 1. The number of hydrogen-bond acceptors (Lipinski definition) is 2. The van der Waals surface area contributed by atoms with Gasteiger partial charge in [0.15, 0.2) is 5.78 Å². The molecule has 104 valence electrons. The van der Waals surface area contributed by atoms with Crippen molar-refractivity contribution in [1.29, 1.82) is 0 Å². The first-order valence-electron chi connectivity index (χ1n) is 7.23. The van der Waals surface area contributed by atoms with Gasteiger partial charge in [0.05, 0.1) is 11.3 Å². The number of benzene rings is 1. The largest absolute Gasteiger partial charge is 0.294 e. The van der Waals surface area contributed by atoms with Gasteiger partial charge in [-0.3, -0.25) is 9.89 Å². The number of nitrogens with one attached hydrogen (secondary N) is 1. The average Bonchev–Trinajstić information content (AvgIpc) is 2.81. The number of aryl methyl sites for hydroxylation is 1. The molecule has 0 bridgehead atoms. The monoisotopic (exact) mass is 268 g/mol. The molecule has 0 radical (unpaired) electrons. The summed E-state index contributed by atoms with van der Waals surface area (Å²) in [6.07, 6.45) is 1.45. The maximum absolute atomic E-state index is 12.3. The topological polar surface area (TPSA) is 45.8 Å². The van der Waals surface area contributed by atoms with Gasteiger partial charge in [-0.15, -0.1) is 0 Å². The molecule has 0 saturated carbocycles. The lowest BCUT2D eigenvalue weighted by molar-refractivity contribution is 0.0963. The fraction of sp³-hybridized carbons (Fsp3) is 0.412. The van der Waals surface area contributed by atoms with Gasteiger partial charge in [0.25, 0.3) is 0 Å². The second-order valence-electron chi connectivity index (χ2n) is 6.02. The molecule has 3 rings (SSSR count). The molecule has 0 aliphatic heterocycles. The van der Waals surface area contributed by atoms with Crippen molar-refractivity contribution in [2.45, 2.75) is 45.4 Å². The molecule has 1 aliphatic rings. The average molecular weight is 268 g/mol. The van der Waals surface area contributed by atoms with E-state index in [1.807, 2.05) is 6.92 Å². The van der Waals surface area contributed by atoms with Crippen LogP contribution in [0.25, 0.3) is 0 Å².